The van der Waals surface area contributed by atoms with Crippen LogP contribution in [0, 0.1) is 5.92 Å². The fourth-order valence-corrected chi connectivity index (χ4v) is 5.93. The molecule has 1 unspecified atom stereocenters. The van der Waals surface area contributed by atoms with Crippen molar-refractivity contribution in [3.63, 3.8) is 0 Å². The molecule has 246 valence electrons. The second-order valence-corrected chi connectivity index (χ2v) is 12.4. The van der Waals surface area contributed by atoms with Crippen LogP contribution >= 0.6 is 23.2 Å². The highest BCUT2D eigenvalue weighted by Gasteiger charge is 2.28. The minimum Gasteiger partial charge on any atom is -0.487 e. The van der Waals surface area contributed by atoms with Crippen LogP contribution in [0.5, 0.6) is 5.75 Å². The monoisotopic (exact) mass is 671 g/mol. The van der Waals surface area contributed by atoms with Crippen molar-refractivity contribution < 1.29 is 24.2 Å². The van der Waals surface area contributed by atoms with E-state index in [1.54, 1.807) is 35.2 Å². The highest BCUT2D eigenvalue weighted by Crippen LogP contribution is 2.40. The number of amides is 2. The molecule has 1 aliphatic heterocycles. The van der Waals surface area contributed by atoms with E-state index in [-0.39, 0.29) is 53.3 Å². The summed E-state index contributed by atoms with van der Waals surface area (Å²) in [5.41, 5.74) is 14.1. The summed E-state index contributed by atoms with van der Waals surface area (Å²) in [4.78, 5) is 42.5. The average molecular weight is 673 g/mol. The molecule has 6 N–H and O–H groups in total. The van der Waals surface area contributed by atoms with Gasteiger partial charge in [-0.1, -0.05) is 49.2 Å². The van der Waals surface area contributed by atoms with E-state index in [1.165, 1.54) is 6.07 Å². The summed E-state index contributed by atoms with van der Waals surface area (Å²) in [7, 11) is 1.87. The number of benzene rings is 2. The maximum Gasteiger partial charge on any atom is 0.335 e. The van der Waals surface area contributed by atoms with E-state index in [9.17, 15) is 19.5 Å². The molecule has 14 heteroatoms. The number of piperidine rings is 1. The zero-order chi connectivity index (χ0) is 33.5. The van der Waals surface area contributed by atoms with E-state index >= 15 is 0 Å². The predicted octanol–water partition coefficient (Wildman–Crippen LogP) is 4.18. The number of likely N-dealkylation sites (tertiary alicyclic amines) is 1. The maximum atomic E-state index is 12.9. The van der Waals surface area contributed by atoms with Crippen LogP contribution in [0.3, 0.4) is 0 Å². The van der Waals surface area contributed by atoms with Crippen molar-refractivity contribution in [2.45, 2.75) is 51.7 Å². The molecule has 46 heavy (non-hydrogen) atoms. The van der Waals surface area contributed by atoms with Gasteiger partial charge in [0.1, 0.15) is 23.4 Å². The van der Waals surface area contributed by atoms with Gasteiger partial charge in [-0.15, -0.1) is 0 Å². The largest absolute Gasteiger partial charge is 0.487 e. The van der Waals surface area contributed by atoms with Gasteiger partial charge in [-0.05, 0) is 61.1 Å². The van der Waals surface area contributed by atoms with Crippen LogP contribution in [-0.2, 0) is 23.2 Å². The zero-order valence-corrected chi connectivity index (χ0v) is 27.5. The summed E-state index contributed by atoms with van der Waals surface area (Å²) in [6.45, 7) is 5.01. The Labute approximate surface area is 277 Å². The SMILES string of the molecule is CC(C)CC(N=C(N)N)C(=O)NCC(=O)N1CCC(c2cc(-c3ccc(OCc4cccc(C(=O)O)c4)c(Cl)c3Cl)nn2C)CC1. The number of aryl methyl sites for hydroxylation is 1. The second-order valence-electron chi connectivity index (χ2n) is 11.7. The van der Waals surface area contributed by atoms with Crippen molar-refractivity contribution >= 4 is 46.9 Å². The predicted molar refractivity (Wildman–Crippen MR) is 177 cm³/mol. The minimum atomic E-state index is -1.02. The summed E-state index contributed by atoms with van der Waals surface area (Å²) >= 11 is 13.2. The highest BCUT2D eigenvalue weighted by molar-refractivity contribution is 6.44. The van der Waals surface area contributed by atoms with Crippen LogP contribution in [-0.4, -0.2) is 69.2 Å². The van der Waals surface area contributed by atoms with Crippen LogP contribution in [0.25, 0.3) is 11.3 Å². The summed E-state index contributed by atoms with van der Waals surface area (Å²) in [5.74, 6) is -0.988. The maximum absolute atomic E-state index is 12.9. The van der Waals surface area contributed by atoms with Gasteiger partial charge in [0.05, 0.1) is 22.8 Å². The third-order valence-electron chi connectivity index (χ3n) is 7.79. The summed E-state index contributed by atoms with van der Waals surface area (Å²) in [5, 5.41) is 17.1. The Morgan fingerprint density at radius 2 is 1.83 bits per heavy atom. The van der Waals surface area contributed by atoms with E-state index in [0.717, 1.165) is 18.5 Å². The van der Waals surface area contributed by atoms with E-state index in [1.807, 2.05) is 31.6 Å². The first kappa shape index (κ1) is 34.6. The Bertz CT molecular complexity index is 1610. The molecule has 1 aliphatic rings. The van der Waals surface area contributed by atoms with Crippen molar-refractivity contribution in [3.05, 3.63) is 69.3 Å². The van der Waals surface area contributed by atoms with E-state index in [2.05, 4.69) is 15.4 Å². The van der Waals surface area contributed by atoms with Crippen LogP contribution in [0.15, 0.2) is 47.5 Å². The summed E-state index contributed by atoms with van der Waals surface area (Å²) in [6, 6.07) is 11.2. The zero-order valence-electron chi connectivity index (χ0n) is 26.0. The van der Waals surface area contributed by atoms with E-state index in [0.29, 0.717) is 47.1 Å². The Morgan fingerprint density at radius 3 is 2.48 bits per heavy atom. The molecular weight excluding hydrogens is 633 g/mol. The number of hydrogen-bond donors (Lipinski definition) is 4. The molecule has 12 nitrogen and oxygen atoms in total. The number of nitrogens with zero attached hydrogens (tertiary/aromatic N) is 4. The first-order valence-corrected chi connectivity index (χ1v) is 15.7. The number of guanidine groups is 1. The van der Waals surface area contributed by atoms with Gasteiger partial charge >= 0.3 is 5.97 Å². The second kappa shape index (κ2) is 15.3. The van der Waals surface area contributed by atoms with Gasteiger partial charge in [-0.25, -0.2) is 9.79 Å². The van der Waals surface area contributed by atoms with E-state index in [4.69, 9.17) is 39.4 Å². The lowest BCUT2D eigenvalue weighted by molar-refractivity contribution is -0.134. The molecule has 2 heterocycles. The van der Waals surface area contributed by atoms with Crippen molar-refractivity contribution in [1.29, 1.82) is 0 Å². The molecule has 2 amide bonds. The molecule has 0 radical (unpaired) electrons. The molecule has 1 atom stereocenters. The highest BCUT2D eigenvalue weighted by atomic mass is 35.5. The van der Waals surface area contributed by atoms with Gasteiger partial charge in [0, 0.05) is 37.3 Å². The molecule has 1 aromatic heterocycles. The van der Waals surface area contributed by atoms with Crippen LogP contribution in [0.2, 0.25) is 10.0 Å². The van der Waals surface area contributed by atoms with Crippen LogP contribution in [0.4, 0.5) is 0 Å². The molecule has 2 aromatic carbocycles. The van der Waals surface area contributed by atoms with Gasteiger partial charge in [-0.2, -0.15) is 5.10 Å². The minimum absolute atomic E-state index is 0.119. The molecular formula is C32H39Cl2N7O5. The fourth-order valence-electron chi connectivity index (χ4n) is 5.45. The number of nitrogens with two attached hydrogens (primary N) is 2. The normalized spacial score (nSPS) is 14.2. The Kier molecular flexibility index (Phi) is 11.5. The smallest absolute Gasteiger partial charge is 0.335 e. The van der Waals surface area contributed by atoms with Gasteiger partial charge in [0.25, 0.3) is 0 Å². The van der Waals surface area contributed by atoms with Gasteiger partial charge in [0.2, 0.25) is 11.8 Å². The lowest BCUT2D eigenvalue weighted by Crippen LogP contribution is -2.46. The third kappa shape index (κ3) is 8.70. The van der Waals surface area contributed by atoms with Gasteiger partial charge in [0.15, 0.2) is 5.96 Å². The molecule has 1 saturated heterocycles. The van der Waals surface area contributed by atoms with Crippen molar-refractivity contribution in [1.82, 2.24) is 20.0 Å². The van der Waals surface area contributed by atoms with E-state index < -0.39 is 12.0 Å². The molecule has 0 spiro atoms. The summed E-state index contributed by atoms with van der Waals surface area (Å²) < 4.78 is 7.67. The third-order valence-corrected chi connectivity index (χ3v) is 8.65. The van der Waals surface area contributed by atoms with Gasteiger partial charge in [-0.3, -0.25) is 14.3 Å². The van der Waals surface area contributed by atoms with Crippen molar-refractivity contribution in [2.24, 2.45) is 29.4 Å². The fraction of sp³-hybridized carbons (Fsp3) is 0.406. The lowest BCUT2D eigenvalue weighted by Gasteiger charge is -2.32. The lowest BCUT2D eigenvalue weighted by atomic mass is 9.92. The number of halogens is 2. The number of ether oxygens (including phenoxy) is 1. The number of carboxylic acids is 1. The molecule has 1 fully saturated rings. The van der Waals surface area contributed by atoms with Crippen LogP contribution < -0.4 is 21.5 Å². The Balaban J connectivity index is 1.35. The molecule has 3 aromatic rings. The first-order chi connectivity index (χ1) is 21.8. The average Bonchev–Trinajstić information content (AvgIpc) is 3.40. The van der Waals surface area contributed by atoms with Crippen molar-refractivity contribution in [3.8, 4) is 17.0 Å². The summed E-state index contributed by atoms with van der Waals surface area (Å²) in [6.07, 6.45) is 1.93. The number of carbonyl (C=O) groups is 3. The number of rotatable bonds is 12. The van der Waals surface area contributed by atoms with Crippen molar-refractivity contribution in [2.75, 3.05) is 19.6 Å². The standard InChI is InChI=1S/C32H39Cl2N7O5/c1-18(2)13-24(38-32(35)36)30(43)37-16-27(42)41-11-9-20(10-12-41)25-15-23(39-40(25)3)22-7-8-26(29(34)28(22)33)46-17-19-5-4-6-21(14-19)31(44)45/h4-8,14-15,18,20,24H,9-13,16-17H2,1-3H3,(H,37,43)(H,44,45)(H4,35,36,38). The molecule has 4 rings (SSSR count). The number of aromatic carboxylic acids is 1. The quantitative estimate of drug-likeness (QED) is 0.164. The van der Waals surface area contributed by atoms with Crippen LogP contribution in [0.1, 0.15) is 60.6 Å². The number of carboxylic acid groups (broad SMARTS) is 1. The number of aromatic nitrogens is 2. The number of carbonyl (C=O) groups excluding carboxylic acids is 2. The topological polar surface area (TPSA) is 178 Å². The molecule has 0 bridgehead atoms. The molecule has 0 aliphatic carbocycles. The number of aliphatic imine (C=N–C) groups is 1. The van der Waals surface area contributed by atoms with Gasteiger partial charge < -0.3 is 31.5 Å². The number of hydrogen-bond acceptors (Lipinski definition) is 6. The molecule has 0 saturated carbocycles. The first-order valence-electron chi connectivity index (χ1n) is 15.0. The Morgan fingerprint density at radius 1 is 1.11 bits per heavy atom. The number of nitrogens with one attached hydrogen (secondary N) is 1. The Hall–Kier alpha value is -4.29.